The molecule has 0 aliphatic heterocycles. The number of hydrogen-bond donors (Lipinski definition) is 1. The van der Waals surface area contributed by atoms with Crippen molar-refractivity contribution < 1.29 is 14.6 Å². The Kier molecular flexibility index (Phi) is 3.47. The first kappa shape index (κ1) is 12.4. The van der Waals surface area contributed by atoms with Crippen LogP contribution in [-0.4, -0.2) is 34.3 Å². The minimum Gasteiger partial charge on any atom is -0.507 e. The predicted octanol–water partition coefficient (Wildman–Crippen LogP) is 1.91. The smallest absolute Gasteiger partial charge is 0.322 e. The van der Waals surface area contributed by atoms with Gasteiger partial charge >= 0.3 is 12.0 Å². The molecular formula is C11H10ClN3O3. The van der Waals surface area contributed by atoms with E-state index < -0.39 is 0 Å². The van der Waals surface area contributed by atoms with E-state index in [1.807, 2.05) is 0 Å². The number of rotatable bonds is 3. The number of phenols is 1. The molecule has 1 heterocycles. The second kappa shape index (κ2) is 5.05. The summed E-state index contributed by atoms with van der Waals surface area (Å²) >= 11 is 5.87. The zero-order valence-corrected chi connectivity index (χ0v) is 10.5. The van der Waals surface area contributed by atoms with Gasteiger partial charge in [0.15, 0.2) is 5.82 Å². The van der Waals surface area contributed by atoms with Crippen molar-refractivity contribution in [1.29, 1.82) is 0 Å². The van der Waals surface area contributed by atoms with E-state index in [2.05, 4.69) is 15.0 Å². The standard InChI is InChI=1S/C11H10ClN3O3/c1-17-10-13-9(14-11(15-10)18-2)7-5-6(12)3-4-8(7)16/h3-5,16H,1-2H3. The van der Waals surface area contributed by atoms with Crippen molar-refractivity contribution in [2.45, 2.75) is 0 Å². The Hall–Kier alpha value is -2.08. The third kappa shape index (κ3) is 2.43. The third-order valence-electron chi connectivity index (χ3n) is 2.16. The summed E-state index contributed by atoms with van der Waals surface area (Å²) in [7, 11) is 2.85. The van der Waals surface area contributed by atoms with Crippen molar-refractivity contribution in [3.63, 3.8) is 0 Å². The molecule has 0 aliphatic rings. The van der Waals surface area contributed by atoms with Crippen molar-refractivity contribution in [3.8, 4) is 29.2 Å². The molecule has 2 aromatic rings. The van der Waals surface area contributed by atoms with Crippen molar-refractivity contribution in [1.82, 2.24) is 15.0 Å². The molecule has 0 atom stereocenters. The molecule has 0 spiro atoms. The van der Waals surface area contributed by atoms with E-state index in [1.165, 1.54) is 20.3 Å². The van der Waals surface area contributed by atoms with Gasteiger partial charge in [-0.25, -0.2) is 0 Å². The molecule has 6 nitrogen and oxygen atoms in total. The SMILES string of the molecule is COc1nc(OC)nc(-c2cc(Cl)ccc2O)n1. The number of nitrogens with zero attached hydrogens (tertiary/aromatic N) is 3. The van der Waals surface area contributed by atoms with Gasteiger partial charge in [-0.05, 0) is 18.2 Å². The molecule has 0 unspecified atom stereocenters. The molecule has 0 aliphatic carbocycles. The van der Waals surface area contributed by atoms with Crippen molar-refractivity contribution in [2.24, 2.45) is 0 Å². The Balaban J connectivity index is 2.58. The van der Waals surface area contributed by atoms with Gasteiger partial charge in [0.05, 0.1) is 19.8 Å². The fourth-order valence-corrected chi connectivity index (χ4v) is 1.50. The molecule has 0 bridgehead atoms. The van der Waals surface area contributed by atoms with Gasteiger partial charge in [-0.15, -0.1) is 4.98 Å². The van der Waals surface area contributed by atoms with E-state index in [4.69, 9.17) is 21.1 Å². The van der Waals surface area contributed by atoms with Crippen LogP contribution in [0.5, 0.6) is 17.8 Å². The van der Waals surface area contributed by atoms with Crippen LogP contribution in [0.25, 0.3) is 11.4 Å². The zero-order valence-electron chi connectivity index (χ0n) is 9.72. The lowest BCUT2D eigenvalue weighted by Crippen LogP contribution is -2.01. The Bertz CT molecular complexity index is 555. The zero-order chi connectivity index (χ0) is 13.1. The highest BCUT2D eigenvalue weighted by molar-refractivity contribution is 6.30. The van der Waals surface area contributed by atoms with Crippen LogP contribution < -0.4 is 9.47 Å². The lowest BCUT2D eigenvalue weighted by atomic mass is 10.2. The highest BCUT2D eigenvalue weighted by atomic mass is 35.5. The van der Waals surface area contributed by atoms with Crippen LogP contribution in [0.4, 0.5) is 0 Å². The van der Waals surface area contributed by atoms with Crippen molar-refractivity contribution in [2.75, 3.05) is 14.2 Å². The molecule has 1 aromatic heterocycles. The summed E-state index contributed by atoms with van der Waals surface area (Å²) in [6.07, 6.45) is 0. The number of benzene rings is 1. The number of ether oxygens (including phenoxy) is 2. The van der Waals surface area contributed by atoms with Gasteiger partial charge in [0.25, 0.3) is 0 Å². The van der Waals surface area contributed by atoms with E-state index in [0.29, 0.717) is 10.6 Å². The topological polar surface area (TPSA) is 77.4 Å². The van der Waals surface area contributed by atoms with Gasteiger partial charge in [-0.2, -0.15) is 9.97 Å². The fraction of sp³-hybridized carbons (Fsp3) is 0.182. The number of aromatic hydroxyl groups is 1. The Labute approximate surface area is 108 Å². The van der Waals surface area contributed by atoms with Gasteiger partial charge in [0, 0.05) is 5.02 Å². The fourth-order valence-electron chi connectivity index (χ4n) is 1.33. The van der Waals surface area contributed by atoms with Crippen LogP contribution >= 0.6 is 11.6 Å². The maximum Gasteiger partial charge on any atom is 0.322 e. The van der Waals surface area contributed by atoms with E-state index in [1.54, 1.807) is 12.1 Å². The van der Waals surface area contributed by atoms with Crippen molar-refractivity contribution in [3.05, 3.63) is 23.2 Å². The molecule has 1 aromatic carbocycles. The first-order valence-electron chi connectivity index (χ1n) is 4.97. The average Bonchev–Trinajstić information content (AvgIpc) is 2.40. The molecular weight excluding hydrogens is 258 g/mol. The third-order valence-corrected chi connectivity index (χ3v) is 2.39. The van der Waals surface area contributed by atoms with E-state index >= 15 is 0 Å². The minimum atomic E-state index is 0.00899. The van der Waals surface area contributed by atoms with Crippen LogP contribution in [0.1, 0.15) is 0 Å². The molecule has 2 rings (SSSR count). The molecule has 18 heavy (non-hydrogen) atoms. The minimum absolute atomic E-state index is 0.00899. The van der Waals surface area contributed by atoms with Gasteiger partial charge in [0.2, 0.25) is 0 Å². The lowest BCUT2D eigenvalue weighted by Gasteiger charge is -2.06. The molecule has 0 saturated carbocycles. The normalized spacial score (nSPS) is 10.2. The summed E-state index contributed by atoms with van der Waals surface area (Å²) in [6.45, 7) is 0. The molecule has 0 amide bonds. The van der Waals surface area contributed by atoms with Gasteiger partial charge in [-0.1, -0.05) is 11.6 Å². The van der Waals surface area contributed by atoms with Crippen molar-refractivity contribution >= 4 is 11.6 Å². The Morgan fingerprint density at radius 2 is 1.67 bits per heavy atom. The van der Waals surface area contributed by atoms with Gasteiger partial charge < -0.3 is 14.6 Å². The molecule has 1 N–H and O–H groups in total. The van der Waals surface area contributed by atoms with E-state index in [0.717, 1.165) is 0 Å². The summed E-state index contributed by atoms with van der Waals surface area (Å²) in [4.78, 5) is 11.9. The average molecular weight is 268 g/mol. The molecule has 0 fully saturated rings. The number of methoxy groups -OCH3 is 2. The number of hydrogen-bond acceptors (Lipinski definition) is 6. The quantitative estimate of drug-likeness (QED) is 0.915. The van der Waals surface area contributed by atoms with Gasteiger partial charge in [-0.3, -0.25) is 0 Å². The highest BCUT2D eigenvalue weighted by Crippen LogP contribution is 2.30. The second-order valence-corrected chi connectivity index (χ2v) is 3.73. The predicted molar refractivity (Wildman–Crippen MR) is 65.0 cm³/mol. The summed E-state index contributed by atoms with van der Waals surface area (Å²) in [5.74, 6) is 0.230. The summed E-state index contributed by atoms with van der Waals surface area (Å²) < 4.78 is 9.86. The van der Waals surface area contributed by atoms with E-state index in [-0.39, 0.29) is 23.6 Å². The summed E-state index contributed by atoms with van der Waals surface area (Å²) in [5.41, 5.74) is 0.376. The maximum absolute atomic E-state index is 9.77. The first-order chi connectivity index (χ1) is 8.63. The van der Waals surface area contributed by atoms with Crippen LogP contribution in [0.3, 0.4) is 0 Å². The maximum atomic E-state index is 9.77. The number of halogens is 1. The van der Waals surface area contributed by atoms with Crippen LogP contribution in [-0.2, 0) is 0 Å². The summed E-state index contributed by atoms with van der Waals surface area (Å²) in [5, 5.41) is 10.2. The lowest BCUT2D eigenvalue weighted by molar-refractivity contribution is 0.341. The number of aromatic nitrogens is 3. The van der Waals surface area contributed by atoms with Gasteiger partial charge in [0.1, 0.15) is 5.75 Å². The molecule has 0 radical (unpaired) electrons. The first-order valence-corrected chi connectivity index (χ1v) is 5.34. The van der Waals surface area contributed by atoms with Crippen LogP contribution in [0.15, 0.2) is 18.2 Å². The number of phenolic OH excluding ortho intramolecular Hbond substituents is 1. The molecule has 0 saturated heterocycles. The second-order valence-electron chi connectivity index (χ2n) is 3.29. The molecule has 94 valence electrons. The van der Waals surface area contributed by atoms with Crippen LogP contribution in [0.2, 0.25) is 5.02 Å². The Morgan fingerprint density at radius 3 is 2.22 bits per heavy atom. The highest BCUT2D eigenvalue weighted by Gasteiger charge is 2.13. The largest absolute Gasteiger partial charge is 0.507 e. The van der Waals surface area contributed by atoms with Crippen LogP contribution in [0, 0.1) is 0 Å². The Morgan fingerprint density at radius 1 is 1.06 bits per heavy atom. The molecule has 7 heteroatoms. The monoisotopic (exact) mass is 267 g/mol. The summed E-state index contributed by atoms with van der Waals surface area (Å²) in [6, 6.07) is 4.76. The van der Waals surface area contributed by atoms with E-state index in [9.17, 15) is 5.11 Å².